The Morgan fingerprint density at radius 2 is 1.10 bits per heavy atom. The standard InChI is InChI=1S/C17H25NO8S3/c19-15(13-14(16(20)21)29-17(27)28-13)18-1-3-22-5-7-24-9-11-26-12-10-25-8-6-23-4-2-18/h1-12H2,(H,20,21). The fourth-order valence-electron chi connectivity index (χ4n) is 2.35. The average molecular weight is 468 g/mol. The van der Waals surface area contributed by atoms with Gasteiger partial charge >= 0.3 is 5.97 Å². The maximum Gasteiger partial charge on any atom is 0.347 e. The molecule has 1 aromatic rings. The molecule has 2 rings (SSSR count). The van der Waals surface area contributed by atoms with Crippen molar-refractivity contribution in [1.82, 2.24) is 4.90 Å². The molecule has 0 bridgehead atoms. The average Bonchev–Trinajstić information content (AvgIpc) is 3.09. The van der Waals surface area contributed by atoms with Crippen LogP contribution in [0.2, 0.25) is 0 Å². The van der Waals surface area contributed by atoms with E-state index in [2.05, 4.69) is 0 Å². The summed E-state index contributed by atoms with van der Waals surface area (Å²) >= 11 is 7.02. The van der Waals surface area contributed by atoms with Crippen LogP contribution in [-0.4, -0.2) is 101 Å². The van der Waals surface area contributed by atoms with Crippen molar-refractivity contribution in [2.24, 2.45) is 0 Å². The molecule has 0 unspecified atom stereocenters. The molecule has 0 atom stereocenters. The SMILES string of the molecule is O=C(O)c1sc(=S)sc1C(=O)N1CCOCCOCCOCCOCCOCC1. The first-order valence-electron chi connectivity index (χ1n) is 9.15. The number of carbonyl (C=O) groups excluding carboxylic acids is 1. The second-order valence-electron chi connectivity index (χ2n) is 5.77. The van der Waals surface area contributed by atoms with E-state index in [9.17, 15) is 14.7 Å². The van der Waals surface area contributed by atoms with Gasteiger partial charge in [-0.05, 0) is 0 Å². The van der Waals surface area contributed by atoms with E-state index in [1.54, 1.807) is 0 Å². The Morgan fingerprint density at radius 1 is 0.724 bits per heavy atom. The molecule has 1 amide bonds. The number of rotatable bonds is 2. The van der Waals surface area contributed by atoms with Gasteiger partial charge in [0.05, 0.1) is 66.1 Å². The molecule has 9 nitrogen and oxygen atoms in total. The highest BCUT2D eigenvalue weighted by Gasteiger charge is 2.25. The summed E-state index contributed by atoms with van der Waals surface area (Å²) in [6, 6.07) is 0. The number of ether oxygens (including phenoxy) is 5. The van der Waals surface area contributed by atoms with Crippen LogP contribution >= 0.6 is 34.9 Å². The second kappa shape index (κ2) is 14.1. The normalized spacial score (nSPS) is 19.2. The van der Waals surface area contributed by atoms with Crippen molar-refractivity contribution >= 4 is 46.8 Å². The van der Waals surface area contributed by atoms with Gasteiger partial charge in [-0.25, -0.2) is 4.79 Å². The summed E-state index contributed by atoms with van der Waals surface area (Å²) in [4.78, 5) is 26.0. The summed E-state index contributed by atoms with van der Waals surface area (Å²) < 4.78 is 27.6. The van der Waals surface area contributed by atoms with Crippen LogP contribution in [0.25, 0.3) is 0 Å². The Kier molecular flexibility index (Phi) is 11.8. The first-order chi connectivity index (χ1) is 14.1. The largest absolute Gasteiger partial charge is 0.477 e. The summed E-state index contributed by atoms with van der Waals surface area (Å²) in [6.07, 6.45) is 0. The first kappa shape index (κ1) is 24.3. The Morgan fingerprint density at radius 3 is 1.52 bits per heavy atom. The third kappa shape index (κ3) is 9.13. The van der Waals surface area contributed by atoms with Crippen molar-refractivity contribution in [3.8, 4) is 0 Å². The minimum Gasteiger partial charge on any atom is -0.477 e. The molecule has 12 heteroatoms. The van der Waals surface area contributed by atoms with E-state index in [4.69, 9.17) is 35.9 Å². The van der Waals surface area contributed by atoms with Crippen LogP contribution in [0.15, 0.2) is 0 Å². The van der Waals surface area contributed by atoms with E-state index >= 15 is 0 Å². The maximum atomic E-state index is 12.9. The smallest absolute Gasteiger partial charge is 0.347 e. The lowest BCUT2D eigenvalue weighted by Crippen LogP contribution is -2.37. The molecule has 1 N–H and O–H groups in total. The molecular formula is C17H25NO8S3. The zero-order chi connectivity index (χ0) is 20.9. The summed E-state index contributed by atoms with van der Waals surface area (Å²) in [7, 11) is 0. The maximum absolute atomic E-state index is 12.9. The zero-order valence-electron chi connectivity index (χ0n) is 16.0. The predicted molar refractivity (Wildman–Crippen MR) is 110 cm³/mol. The number of aromatic carboxylic acids is 1. The fraction of sp³-hybridized carbons (Fsp3) is 0.706. The third-order valence-corrected chi connectivity index (χ3v) is 6.38. The molecule has 1 saturated heterocycles. The third-order valence-electron chi connectivity index (χ3n) is 3.75. The lowest BCUT2D eigenvalue weighted by Gasteiger charge is -2.22. The number of nitrogens with zero attached hydrogens (tertiary/aromatic N) is 1. The molecular weight excluding hydrogens is 442 g/mol. The van der Waals surface area contributed by atoms with Crippen LogP contribution in [0, 0.1) is 3.14 Å². The highest BCUT2D eigenvalue weighted by molar-refractivity contribution is 7.76. The van der Waals surface area contributed by atoms with Gasteiger partial charge in [0.15, 0.2) is 0 Å². The number of amides is 1. The van der Waals surface area contributed by atoms with Gasteiger partial charge in [0, 0.05) is 13.1 Å². The summed E-state index contributed by atoms with van der Waals surface area (Å²) in [6.45, 7) is 4.74. The van der Waals surface area contributed by atoms with Gasteiger partial charge < -0.3 is 33.7 Å². The van der Waals surface area contributed by atoms with E-state index in [1.807, 2.05) is 0 Å². The fourth-order valence-corrected chi connectivity index (χ4v) is 4.77. The van der Waals surface area contributed by atoms with Crippen molar-refractivity contribution in [1.29, 1.82) is 0 Å². The molecule has 1 aliphatic heterocycles. The lowest BCUT2D eigenvalue weighted by atomic mass is 10.3. The Hall–Kier alpha value is -0.990. The molecule has 0 spiro atoms. The number of carboxylic acid groups (broad SMARTS) is 1. The molecule has 1 aliphatic rings. The topological polar surface area (TPSA) is 104 Å². The zero-order valence-corrected chi connectivity index (χ0v) is 18.4. The van der Waals surface area contributed by atoms with Crippen LogP contribution in [0.3, 0.4) is 0 Å². The Balaban J connectivity index is 1.96. The number of carboxylic acids is 1. The molecule has 0 aromatic carbocycles. The van der Waals surface area contributed by atoms with Gasteiger partial charge in [-0.1, -0.05) is 12.2 Å². The predicted octanol–water partition coefficient (Wildman–Crippen LogP) is 1.78. The molecule has 0 aliphatic carbocycles. The van der Waals surface area contributed by atoms with Crippen LogP contribution in [0.5, 0.6) is 0 Å². The Bertz CT molecular complexity index is 674. The molecule has 0 saturated carbocycles. The van der Waals surface area contributed by atoms with Crippen molar-refractivity contribution in [3.05, 3.63) is 12.9 Å². The number of hydrogen-bond donors (Lipinski definition) is 1. The monoisotopic (exact) mass is 467 g/mol. The van der Waals surface area contributed by atoms with Crippen molar-refractivity contribution in [2.45, 2.75) is 0 Å². The van der Waals surface area contributed by atoms with Crippen molar-refractivity contribution < 1.29 is 38.4 Å². The van der Waals surface area contributed by atoms with E-state index < -0.39 is 5.97 Å². The van der Waals surface area contributed by atoms with Gasteiger partial charge in [0.2, 0.25) is 0 Å². The molecule has 29 heavy (non-hydrogen) atoms. The molecule has 1 fully saturated rings. The Labute approximate surface area is 182 Å². The van der Waals surface area contributed by atoms with E-state index in [0.29, 0.717) is 82.3 Å². The van der Waals surface area contributed by atoms with Gasteiger partial charge in [0.1, 0.15) is 12.9 Å². The molecule has 164 valence electrons. The van der Waals surface area contributed by atoms with E-state index in [0.717, 1.165) is 22.7 Å². The van der Waals surface area contributed by atoms with Crippen LogP contribution < -0.4 is 0 Å². The highest BCUT2D eigenvalue weighted by Crippen LogP contribution is 2.26. The number of hydrogen-bond acceptors (Lipinski definition) is 10. The highest BCUT2D eigenvalue weighted by atomic mass is 32.2. The summed E-state index contributed by atoms with van der Waals surface area (Å²) in [5.74, 6) is -1.54. The van der Waals surface area contributed by atoms with Crippen molar-refractivity contribution in [3.63, 3.8) is 0 Å². The molecule has 1 aromatic heterocycles. The van der Waals surface area contributed by atoms with Gasteiger partial charge in [-0.2, -0.15) is 0 Å². The first-order valence-corrected chi connectivity index (χ1v) is 11.2. The van der Waals surface area contributed by atoms with Gasteiger partial charge in [-0.15, -0.1) is 22.7 Å². The summed E-state index contributed by atoms with van der Waals surface area (Å²) in [5, 5.41) is 9.34. The quantitative estimate of drug-likeness (QED) is 0.652. The van der Waals surface area contributed by atoms with Gasteiger partial charge in [-0.3, -0.25) is 4.79 Å². The minimum atomic E-state index is -1.15. The minimum absolute atomic E-state index is 0.0321. The molecule has 0 radical (unpaired) electrons. The van der Waals surface area contributed by atoms with E-state index in [1.165, 1.54) is 4.90 Å². The lowest BCUT2D eigenvalue weighted by molar-refractivity contribution is -0.0175. The van der Waals surface area contributed by atoms with Crippen LogP contribution in [-0.2, 0) is 23.7 Å². The van der Waals surface area contributed by atoms with Crippen LogP contribution in [0.4, 0.5) is 0 Å². The number of carbonyl (C=O) groups is 2. The van der Waals surface area contributed by atoms with E-state index in [-0.39, 0.29) is 15.7 Å². The molecule has 2 heterocycles. The summed E-state index contributed by atoms with van der Waals surface area (Å²) in [5.41, 5.74) is 0. The second-order valence-corrected chi connectivity index (χ2v) is 9.00. The van der Waals surface area contributed by atoms with Gasteiger partial charge in [0.25, 0.3) is 5.91 Å². The van der Waals surface area contributed by atoms with Crippen LogP contribution in [0.1, 0.15) is 19.3 Å². The van der Waals surface area contributed by atoms with Crippen molar-refractivity contribution in [2.75, 3.05) is 79.2 Å².